The minimum atomic E-state index is 0.180. The first-order chi connectivity index (χ1) is 8.28. The largest absolute Gasteiger partial charge is 0.396 e. The van der Waals surface area contributed by atoms with Crippen molar-refractivity contribution in [3.63, 3.8) is 0 Å². The number of ether oxygens (including phenoxy) is 1. The third-order valence-electron chi connectivity index (χ3n) is 4.62. The monoisotopic (exact) mass is 241 g/mol. The lowest BCUT2D eigenvalue weighted by Crippen LogP contribution is -2.39. The van der Waals surface area contributed by atoms with Crippen LogP contribution in [0.1, 0.15) is 44.9 Å². The van der Waals surface area contributed by atoms with Gasteiger partial charge >= 0.3 is 0 Å². The van der Waals surface area contributed by atoms with Crippen LogP contribution in [0.2, 0.25) is 0 Å². The van der Waals surface area contributed by atoms with Crippen LogP contribution in [-0.2, 0) is 4.74 Å². The molecule has 3 nitrogen and oxygen atoms in total. The van der Waals surface area contributed by atoms with E-state index in [1.54, 1.807) is 0 Å². The molecular formula is C14H27NO2. The summed E-state index contributed by atoms with van der Waals surface area (Å²) < 4.78 is 5.42. The molecule has 1 unspecified atom stereocenters. The summed E-state index contributed by atoms with van der Waals surface area (Å²) in [4.78, 5) is 2.50. The Morgan fingerprint density at radius 2 is 1.94 bits per heavy atom. The van der Waals surface area contributed by atoms with Crippen LogP contribution in [0, 0.1) is 5.41 Å². The molecule has 1 aliphatic carbocycles. The summed E-state index contributed by atoms with van der Waals surface area (Å²) in [6.45, 7) is 3.63. The van der Waals surface area contributed by atoms with E-state index in [0.717, 1.165) is 26.1 Å². The molecule has 0 bridgehead atoms. The van der Waals surface area contributed by atoms with Gasteiger partial charge in [0, 0.05) is 38.8 Å². The first-order valence-corrected chi connectivity index (χ1v) is 7.14. The number of aliphatic hydroxyl groups excluding tert-OH is 1. The van der Waals surface area contributed by atoms with E-state index in [9.17, 15) is 5.11 Å². The van der Waals surface area contributed by atoms with Gasteiger partial charge in [-0.2, -0.15) is 0 Å². The van der Waals surface area contributed by atoms with Crippen molar-refractivity contribution >= 4 is 0 Å². The van der Waals surface area contributed by atoms with Gasteiger partial charge in [-0.15, -0.1) is 0 Å². The Morgan fingerprint density at radius 1 is 1.24 bits per heavy atom. The van der Waals surface area contributed by atoms with Gasteiger partial charge in [0.15, 0.2) is 0 Å². The topological polar surface area (TPSA) is 32.7 Å². The number of likely N-dealkylation sites (tertiary alicyclic amines) is 1. The van der Waals surface area contributed by atoms with E-state index < -0.39 is 0 Å². The predicted octanol–water partition coefficient (Wildman–Crippen LogP) is 2.04. The first kappa shape index (κ1) is 13.3. The first-order valence-electron chi connectivity index (χ1n) is 7.14. The lowest BCUT2D eigenvalue weighted by molar-refractivity contribution is 0.0562. The van der Waals surface area contributed by atoms with Crippen LogP contribution < -0.4 is 0 Å². The van der Waals surface area contributed by atoms with Crippen LogP contribution in [0.3, 0.4) is 0 Å². The van der Waals surface area contributed by atoms with Gasteiger partial charge in [0.25, 0.3) is 0 Å². The van der Waals surface area contributed by atoms with Gasteiger partial charge in [0.05, 0.1) is 6.10 Å². The van der Waals surface area contributed by atoms with E-state index in [2.05, 4.69) is 4.90 Å². The van der Waals surface area contributed by atoms with Gasteiger partial charge in [-0.25, -0.2) is 0 Å². The maximum absolute atomic E-state index is 9.79. The Kier molecular flexibility index (Phi) is 4.83. The van der Waals surface area contributed by atoms with E-state index in [-0.39, 0.29) is 5.41 Å². The molecule has 17 heavy (non-hydrogen) atoms. The zero-order valence-electron chi connectivity index (χ0n) is 11.2. The summed E-state index contributed by atoms with van der Waals surface area (Å²) in [5, 5.41) is 9.79. The molecule has 2 aliphatic rings. The maximum atomic E-state index is 9.79. The van der Waals surface area contributed by atoms with Gasteiger partial charge in [-0.3, -0.25) is 0 Å². The highest BCUT2D eigenvalue weighted by Gasteiger charge is 2.34. The van der Waals surface area contributed by atoms with E-state index >= 15 is 0 Å². The van der Waals surface area contributed by atoms with Crippen molar-refractivity contribution in [3.8, 4) is 0 Å². The Morgan fingerprint density at radius 3 is 2.47 bits per heavy atom. The lowest BCUT2D eigenvalue weighted by atomic mass is 9.80. The Hall–Kier alpha value is -0.120. The van der Waals surface area contributed by atoms with Crippen molar-refractivity contribution in [3.05, 3.63) is 0 Å². The molecule has 0 aromatic carbocycles. The van der Waals surface area contributed by atoms with Crippen LogP contribution >= 0.6 is 0 Å². The molecule has 1 aliphatic heterocycles. The second-order valence-electron chi connectivity index (χ2n) is 5.95. The molecule has 1 atom stereocenters. The summed E-state index contributed by atoms with van der Waals surface area (Å²) in [5.74, 6) is 0. The van der Waals surface area contributed by atoms with Crippen molar-refractivity contribution in [2.75, 3.05) is 33.4 Å². The lowest BCUT2D eigenvalue weighted by Gasteiger charge is -2.35. The van der Waals surface area contributed by atoms with Crippen molar-refractivity contribution in [2.45, 2.75) is 51.0 Å². The van der Waals surface area contributed by atoms with Crippen LogP contribution in [0.25, 0.3) is 0 Å². The molecular weight excluding hydrogens is 214 g/mol. The highest BCUT2D eigenvalue weighted by Crippen LogP contribution is 2.36. The summed E-state index contributed by atoms with van der Waals surface area (Å²) in [6.07, 6.45) is 9.26. The Balaban J connectivity index is 1.89. The fourth-order valence-corrected chi connectivity index (χ4v) is 3.45. The molecule has 1 saturated heterocycles. The quantitative estimate of drug-likeness (QED) is 0.765. The summed E-state index contributed by atoms with van der Waals surface area (Å²) >= 11 is 0. The third-order valence-corrected chi connectivity index (χ3v) is 4.62. The van der Waals surface area contributed by atoms with Crippen molar-refractivity contribution < 1.29 is 9.84 Å². The molecule has 1 N–H and O–H groups in total. The number of rotatable bonds is 4. The average Bonchev–Trinajstić information content (AvgIpc) is 2.67. The number of hydrogen-bond acceptors (Lipinski definition) is 3. The molecule has 2 rings (SSSR count). The highest BCUT2D eigenvalue weighted by molar-refractivity contribution is 4.87. The molecule has 1 heterocycles. The van der Waals surface area contributed by atoms with Crippen LogP contribution in [0.4, 0.5) is 0 Å². The molecule has 0 spiro atoms. The summed E-state index contributed by atoms with van der Waals surface area (Å²) in [7, 11) is 1.81. The SMILES string of the molecule is COC1CCN(CC2(CO)CCCCCC2)C1. The molecule has 0 radical (unpaired) electrons. The normalized spacial score (nSPS) is 30.4. The molecule has 0 aromatic rings. The minimum Gasteiger partial charge on any atom is -0.396 e. The van der Waals surface area contributed by atoms with Gasteiger partial charge < -0.3 is 14.7 Å². The molecule has 3 heteroatoms. The van der Waals surface area contributed by atoms with E-state index in [1.165, 1.54) is 38.5 Å². The fourth-order valence-electron chi connectivity index (χ4n) is 3.45. The van der Waals surface area contributed by atoms with Crippen molar-refractivity contribution in [1.82, 2.24) is 4.90 Å². The van der Waals surface area contributed by atoms with E-state index in [0.29, 0.717) is 12.7 Å². The van der Waals surface area contributed by atoms with Crippen LogP contribution in [0.15, 0.2) is 0 Å². The molecule has 100 valence electrons. The molecule has 0 amide bonds. The standard InChI is InChI=1S/C14H27NO2/c1-17-13-6-9-15(10-13)11-14(12-16)7-4-2-3-5-8-14/h13,16H,2-12H2,1H3. The van der Waals surface area contributed by atoms with Gasteiger partial charge in [-0.1, -0.05) is 25.7 Å². The van der Waals surface area contributed by atoms with E-state index in [1.807, 2.05) is 7.11 Å². The van der Waals surface area contributed by atoms with Gasteiger partial charge in [-0.05, 0) is 19.3 Å². The fraction of sp³-hybridized carbons (Fsp3) is 1.00. The zero-order valence-corrected chi connectivity index (χ0v) is 11.2. The van der Waals surface area contributed by atoms with Crippen molar-refractivity contribution in [1.29, 1.82) is 0 Å². The number of methoxy groups -OCH3 is 1. The van der Waals surface area contributed by atoms with Crippen molar-refractivity contribution in [2.24, 2.45) is 5.41 Å². The summed E-state index contributed by atoms with van der Waals surface area (Å²) in [5.41, 5.74) is 0.180. The van der Waals surface area contributed by atoms with Crippen LogP contribution in [0.5, 0.6) is 0 Å². The predicted molar refractivity (Wildman–Crippen MR) is 69.1 cm³/mol. The van der Waals surface area contributed by atoms with Gasteiger partial charge in [0.1, 0.15) is 0 Å². The zero-order chi connectivity index (χ0) is 12.1. The smallest absolute Gasteiger partial charge is 0.0710 e. The molecule has 2 fully saturated rings. The number of nitrogens with zero attached hydrogens (tertiary/aromatic N) is 1. The second-order valence-corrected chi connectivity index (χ2v) is 5.95. The maximum Gasteiger partial charge on any atom is 0.0710 e. The minimum absolute atomic E-state index is 0.180. The molecule has 0 aromatic heterocycles. The molecule has 1 saturated carbocycles. The second kappa shape index (κ2) is 6.17. The summed E-state index contributed by atoms with van der Waals surface area (Å²) in [6, 6.07) is 0. The third kappa shape index (κ3) is 3.43. The van der Waals surface area contributed by atoms with Gasteiger partial charge in [0.2, 0.25) is 0 Å². The number of aliphatic hydroxyl groups is 1. The van der Waals surface area contributed by atoms with Crippen LogP contribution in [-0.4, -0.2) is 49.5 Å². The highest BCUT2D eigenvalue weighted by atomic mass is 16.5. The number of hydrogen-bond donors (Lipinski definition) is 1. The Labute approximate surface area is 105 Å². The Bertz CT molecular complexity index is 224. The average molecular weight is 241 g/mol. The van der Waals surface area contributed by atoms with E-state index in [4.69, 9.17) is 4.74 Å².